The second-order valence-corrected chi connectivity index (χ2v) is 6.62. The molecule has 5 nitrogen and oxygen atoms in total. The van der Waals surface area contributed by atoms with Crippen molar-refractivity contribution in [3.05, 3.63) is 35.5 Å². The molecule has 1 aromatic heterocycles. The fourth-order valence-electron chi connectivity index (χ4n) is 2.63. The van der Waals surface area contributed by atoms with Gasteiger partial charge in [0.25, 0.3) is 5.91 Å². The van der Waals surface area contributed by atoms with E-state index in [0.29, 0.717) is 6.54 Å². The molecule has 3 rings (SSSR count). The van der Waals surface area contributed by atoms with E-state index in [-0.39, 0.29) is 5.91 Å². The number of H-pyrrole nitrogens is 1. The van der Waals surface area contributed by atoms with Crippen molar-refractivity contribution in [1.82, 2.24) is 15.3 Å². The minimum atomic E-state index is -0.0550. The van der Waals surface area contributed by atoms with Gasteiger partial charge in [-0.25, -0.2) is 5.43 Å². The van der Waals surface area contributed by atoms with Gasteiger partial charge in [0.2, 0.25) is 0 Å². The topological polar surface area (TPSA) is 60.5 Å². The third-order valence-corrected chi connectivity index (χ3v) is 4.74. The number of thioether (sulfide) groups is 1. The van der Waals surface area contributed by atoms with Crippen molar-refractivity contribution in [3.8, 4) is 0 Å². The molecule has 6 heteroatoms. The van der Waals surface area contributed by atoms with Crippen molar-refractivity contribution in [2.75, 3.05) is 31.1 Å². The molecule has 1 fully saturated rings. The average molecular weight is 316 g/mol. The lowest BCUT2D eigenvalue weighted by Gasteiger charge is -2.24. The van der Waals surface area contributed by atoms with Gasteiger partial charge in [-0.3, -0.25) is 9.69 Å². The standard InChI is InChI=1S/C16H20N4OS/c1-12-14(13-4-2-3-5-15(13)18-12)10-17-19-16(21)11-20-6-8-22-9-7-20/h2-5,10,18H,6-9,11H2,1H3,(H,19,21)/b17-10-. The van der Waals surface area contributed by atoms with Crippen LogP contribution in [0.3, 0.4) is 0 Å². The molecular formula is C16H20N4OS. The van der Waals surface area contributed by atoms with Gasteiger partial charge in [-0.1, -0.05) is 18.2 Å². The Kier molecular flexibility index (Phi) is 4.80. The molecule has 22 heavy (non-hydrogen) atoms. The maximum absolute atomic E-state index is 11.9. The molecule has 116 valence electrons. The molecule has 0 bridgehead atoms. The minimum absolute atomic E-state index is 0.0550. The summed E-state index contributed by atoms with van der Waals surface area (Å²) in [7, 11) is 0. The molecular weight excluding hydrogens is 296 g/mol. The molecule has 2 N–H and O–H groups in total. The molecule has 0 saturated carbocycles. The van der Waals surface area contributed by atoms with Gasteiger partial charge in [-0.05, 0) is 13.0 Å². The van der Waals surface area contributed by atoms with Crippen LogP contribution < -0.4 is 5.43 Å². The molecule has 1 amide bonds. The number of amides is 1. The van der Waals surface area contributed by atoms with Gasteiger partial charge >= 0.3 is 0 Å². The van der Waals surface area contributed by atoms with Crippen LogP contribution in [0.2, 0.25) is 0 Å². The number of hydrazone groups is 1. The van der Waals surface area contributed by atoms with Crippen LogP contribution in [0.25, 0.3) is 10.9 Å². The number of benzene rings is 1. The van der Waals surface area contributed by atoms with Crippen molar-refractivity contribution in [3.63, 3.8) is 0 Å². The van der Waals surface area contributed by atoms with Crippen molar-refractivity contribution < 1.29 is 4.79 Å². The summed E-state index contributed by atoms with van der Waals surface area (Å²) < 4.78 is 0. The second kappa shape index (κ2) is 6.98. The number of aromatic nitrogens is 1. The molecule has 2 aromatic rings. The lowest BCUT2D eigenvalue weighted by molar-refractivity contribution is -0.122. The first-order valence-electron chi connectivity index (χ1n) is 7.43. The third kappa shape index (κ3) is 3.51. The summed E-state index contributed by atoms with van der Waals surface area (Å²) in [5, 5.41) is 5.23. The molecule has 0 aliphatic carbocycles. The van der Waals surface area contributed by atoms with Crippen LogP contribution in [0.5, 0.6) is 0 Å². The zero-order chi connectivity index (χ0) is 15.4. The second-order valence-electron chi connectivity index (χ2n) is 5.39. The van der Waals surface area contributed by atoms with Gasteiger partial charge in [0, 0.05) is 46.8 Å². The molecule has 1 aliphatic heterocycles. The van der Waals surface area contributed by atoms with Crippen molar-refractivity contribution in [2.24, 2.45) is 5.10 Å². The van der Waals surface area contributed by atoms with Gasteiger partial charge in [-0.2, -0.15) is 16.9 Å². The Hall–Kier alpha value is -1.79. The molecule has 0 atom stereocenters. The lowest BCUT2D eigenvalue weighted by Crippen LogP contribution is -2.40. The quantitative estimate of drug-likeness (QED) is 0.670. The maximum Gasteiger partial charge on any atom is 0.254 e. The average Bonchev–Trinajstić information content (AvgIpc) is 2.84. The van der Waals surface area contributed by atoms with Crippen LogP contribution in [-0.2, 0) is 4.79 Å². The first kappa shape index (κ1) is 15.1. The normalized spacial score (nSPS) is 16.4. The summed E-state index contributed by atoms with van der Waals surface area (Å²) >= 11 is 1.94. The first-order chi connectivity index (χ1) is 10.7. The van der Waals surface area contributed by atoms with Gasteiger partial charge in [0.05, 0.1) is 12.8 Å². The lowest BCUT2D eigenvalue weighted by atomic mass is 10.1. The van der Waals surface area contributed by atoms with Crippen molar-refractivity contribution in [1.29, 1.82) is 0 Å². The van der Waals surface area contributed by atoms with Crippen molar-refractivity contribution >= 4 is 34.8 Å². The Balaban J connectivity index is 1.61. The molecule has 0 spiro atoms. The zero-order valence-corrected chi connectivity index (χ0v) is 13.4. The number of aryl methyl sites for hydroxylation is 1. The number of rotatable bonds is 4. The fraction of sp³-hybridized carbons (Fsp3) is 0.375. The summed E-state index contributed by atoms with van der Waals surface area (Å²) in [6.07, 6.45) is 1.72. The Morgan fingerprint density at radius 3 is 3.00 bits per heavy atom. The highest BCUT2D eigenvalue weighted by atomic mass is 32.2. The van der Waals surface area contributed by atoms with Gasteiger partial charge in [0.15, 0.2) is 0 Å². The van der Waals surface area contributed by atoms with E-state index in [0.717, 1.165) is 46.8 Å². The van der Waals surface area contributed by atoms with Gasteiger partial charge < -0.3 is 4.98 Å². The Morgan fingerprint density at radius 2 is 2.18 bits per heavy atom. The fourth-order valence-corrected chi connectivity index (χ4v) is 3.61. The number of nitrogens with zero attached hydrogens (tertiary/aromatic N) is 2. The molecule has 0 radical (unpaired) electrons. The summed E-state index contributed by atoms with van der Waals surface area (Å²) in [4.78, 5) is 17.4. The Bertz CT molecular complexity index is 689. The van der Waals surface area contributed by atoms with E-state index >= 15 is 0 Å². The largest absolute Gasteiger partial charge is 0.358 e. The van der Waals surface area contributed by atoms with Crippen LogP contribution in [0.1, 0.15) is 11.3 Å². The highest BCUT2D eigenvalue weighted by Crippen LogP contribution is 2.19. The van der Waals surface area contributed by atoms with E-state index in [2.05, 4.69) is 20.4 Å². The van der Waals surface area contributed by atoms with Crippen LogP contribution in [0, 0.1) is 6.92 Å². The third-order valence-electron chi connectivity index (χ3n) is 3.80. The Morgan fingerprint density at radius 1 is 1.41 bits per heavy atom. The number of carbonyl (C=O) groups is 1. The van der Waals surface area contributed by atoms with E-state index in [1.807, 2.05) is 43.0 Å². The molecule has 1 saturated heterocycles. The van der Waals surface area contributed by atoms with E-state index < -0.39 is 0 Å². The highest BCUT2D eigenvalue weighted by Gasteiger charge is 2.13. The predicted molar refractivity (Wildman–Crippen MR) is 92.5 cm³/mol. The van der Waals surface area contributed by atoms with Gasteiger partial charge in [-0.15, -0.1) is 0 Å². The molecule has 0 unspecified atom stereocenters. The van der Waals surface area contributed by atoms with Gasteiger partial charge in [0.1, 0.15) is 0 Å². The van der Waals surface area contributed by atoms with Crippen LogP contribution in [0.4, 0.5) is 0 Å². The summed E-state index contributed by atoms with van der Waals surface area (Å²) in [6, 6.07) is 8.08. The van der Waals surface area contributed by atoms with Crippen LogP contribution >= 0.6 is 11.8 Å². The van der Waals surface area contributed by atoms with E-state index in [9.17, 15) is 4.79 Å². The van der Waals surface area contributed by atoms with E-state index in [1.165, 1.54) is 0 Å². The summed E-state index contributed by atoms with van der Waals surface area (Å²) in [5.41, 5.74) is 5.78. The predicted octanol–water partition coefficient (Wildman–Crippen LogP) is 1.98. The van der Waals surface area contributed by atoms with E-state index in [1.54, 1.807) is 6.21 Å². The molecule has 1 aromatic carbocycles. The van der Waals surface area contributed by atoms with Crippen LogP contribution in [0.15, 0.2) is 29.4 Å². The smallest absolute Gasteiger partial charge is 0.254 e. The number of aromatic amines is 1. The SMILES string of the molecule is Cc1[nH]c2ccccc2c1/C=N\NC(=O)CN1CCSCC1. The van der Waals surface area contributed by atoms with Crippen LogP contribution in [-0.4, -0.2) is 53.1 Å². The maximum atomic E-state index is 11.9. The monoisotopic (exact) mass is 316 g/mol. The molecule has 2 heterocycles. The Labute approximate surface area is 134 Å². The number of hydrogen-bond donors (Lipinski definition) is 2. The highest BCUT2D eigenvalue weighted by molar-refractivity contribution is 7.99. The number of hydrogen-bond acceptors (Lipinski definition) is 4. The van der Waals surface area contributed by atoms with E-state index in [4.69, 9.17) is 0 Å². The number of nitrogens with one attached hydrogen (secondary N) is 2. The first-order valence-corrected chi connectivity index (χ1v) is 8.59. The minimum Gasteiger partial charge on any atom is -0.358 e. The summed E-state index contributed by atoms with van der Waals surface area (Å²) in [5.74, 6) is 2.15. The number of fused-ring (bicyclic) bond motifs is 1. The molecule has 1 aliphatic rings. The summed E-state index contributed by atoms with van der Waals surface area (Å²) in [6.45, 7) is 4.38. The zero-order valence-electron chi connectivity index (χ0n) is 12.6. The number of para-hydroxylation sites is 1. The van der Waals surface area contributed by atoms with Crippen molar-refractivity contribution in [2.45, 2.75) is 6.92 Å². The number of carbonyl (C=O) groups excluding carboxylic acids is 1.